The Morgan fingerprint density at radius 3 is 2.64 bits per heavy atom. The first-order valence-corrected chi connectivity index (χ1v) is 4.72. The van der Waals surface area contributed by atoms with Gasteiger partial charge in [-0.15, -0.1) is 11.8 Å². The van der Waals surface area contributed by atoms with Gasteiger partial charge in [0.05, 0.1) is 6.61 Å². The Labute approximate surface area is 72.0 Å². The summed E-state index contributed by atoms with van der Waals surface area (Å²) in [5.41, 5.74) is 0.679. The molecule has 2 nitrogen and oxygen atoms in total. The molecule has 0 aliphatic carbocycles. The summed E-state index contributed by atoms with van der Waals surface area (Å²) in [5, 5.41) is 1.83. The third-order valence-electron chi connectivity index (χ3n) is 1.02. The van der Waals surface area contributed by atoms with Crippen molar-refractivity contribution in [2.24, 2.45) is 0 Å². The van der Waals surface area contributed by atoms with Crippen LogP contribution in [0.4, 0.5) is 0 Å². The maximum Gasteiger partial charge on any atom is 0.334 e. The van der Waals surface area contributed by atoms with Crippen LogP contribution in [0, 0.1) is 0 Å². The maximum absolute atomic E-state index is 10.9. The molecular weight excluding hydrogens is 160 g/mol. The van der Waals surface area contributed by atoms with E-state index in [0.29, 0.717) is 12.2 Å². The number of ether oxygens (including phenoxy) is 1. The van der Waals surface area contributed by atoms with E-state index < -0.39 is 0 Å². The first kappa shape index (κ1) is 10.6. The summed E-state index contributed by atoms with van der Waals surface area (Å²) < 4.78 is 4.78. The normalized spacial score (nSPS) is 11.4. The van der Waals surface area contributed by atoms with Crippen LogP contribution in [-0.4, -0.2) is 18.3 Å². The molecule has 0 saturated heterocycles. The summed E-state index contributed by atoms with van der Waals surface area (Å²) in [7, 11) is 0. The third kappa shape index (κ3) is 4.90. The molecule has 0 aliphatic rings. The Kier molecular flexibility index (Phi) is 6.03. The highest BCUT2D eigenvalue weighted by atomic mass is 32.2. The van der Waals surface area contributed by atoms with E-state index in [9.17, 15) is 4.79 Å². The van der Waals surface area contributed by atoms with Crippen molar-refractivity contribution in [1.29, 1.82) is 0 Å². The topological polar surface area (TPSA) is 26.3 Å². The lowest BCUT2D eigenvalue weighted by molar-refractivity contribution is -0.138. The lowest BCUT2D eigenvalue weighted by Crippen LogP contribution is -2.04. The smallest absolute Gasteiger partial charge is 0.334 e. The van der Waals surface area contributed by atoms with Crippen molar-refractivity contribution < 1.29 is 9.53 Å². The van der Waals surface area contributed by atoms with Crippen molar-refractivity contribution in [3.8, 4) is 0 Å². The van der Waals surface area contributed by atoms with Crippen LogP contribution in [-0.2, 0) is 9.53 Å². The molecule has 0 amide bonds. The highest BCUT2D eigenvalue weighted by Gasteiger charge is 2.02. The number of esters is 1. The van der Waals surface area contributed by atoms with Gasteiger partial charge in [0.15, 0.2) is 0 Å². The zero-order chi connectivity index (χ0) is 8.69. The molecule has 0 spiro atoms. The molecule has 0 aromatic carbocycles. The van der Waals surface area contributed by atoms with Gasteiger partial charge in [-0.3, -0.25) is 0 Å². The monoisotopic (exact) mass is 174 g/mol. The molecule has 11 heavy (non-hydrogen) atoms. The van der Waals surface area contributed by atoms with E-state index in [0.717, 1.165) is 5.75 Å². The average Bonchev–Trinajstić information content (AvgIpc) is 2.00. The fourth-order valence-electron chi connectivity index (χ4n) is 0.501. The van der Waals surface area contributed by atoms with Gasteiger partial charge in [-0.25, -0.2) is 4.79 Å². The molecular formula is C8H14O2S. The lowest BCUT2D eigenvalue weighted by Gasteiger charge is -1.99. The van der Waals surface area contributed by atoms with Gasteiger partial charge in [0, 0.05) is 5.57 Å². The fraction of sp³-hybridized carbons (Fsp3) is 0.625. The second kappa shape index (κ2) is 6.28. The Balaban J connectivity index is 3.80. The summed E-state index contributed by atoms with van der Waals surface area (Å²) in [6.45, 7) is 6.05. The van der Waals surface area contributed by atoms with Crippen molar-refractivity contribution in [1.82, 2.24) is 0 Å². The van der Waals surface area contributed by atoms with Crippen molar-refractivity contribution in [2.75, 3.05) is 12.4 Å². The SMILES string of the molecule is CCOC(=O)C(C)=CSCC. The Bertz CT molecular complexity index is 152. The first-order valence-electron chi connectivity index (χ1n) is 3.67. The van der Waals surface area contributed by atoms with Crippen molar-refractivity contribution in [3.63, 3.8) is 0 Å². The molecule has 0 saturated carbocycles. The second-order valence-electron chi connectivity index (χ2n) is 1.98. The third-order valence-corrected chi connectivity index (χ3v) is 1.88. The summed E-state index contributed by atoms with van der Waals surface area (Å²) in [5.74, 6) is 0.768. The zero-order valence-electron chi connectivity index (χ0n) is 7.22. The Hall–Kier alpha value is -0.440. The van der Waals surface area contributed by atoms with Crippen molar-refractivity contribution in [3.05, 3.63) is 11.0 Å². The average molecular weight is 174 g/mol. The van der Waals surface area contributed by atoms with E-state index in [4.69, 9.17) is 4.74 Å². The molecule has 0 heterocycles. The van der Waals surface area contributed by atoms with Crippen LogP contribution < -0.4 is 0 Å². The van der Waals surface area contributed by atoms with Crippen LogP contribution in [0.1, 0.15) is 20.8 Å². The molecule has 0 radical (unpaired) electrons. The quantitative estimate of drug-likeness (QED) is 0.483. The molecule has 0 N–H and O–H groups in total. The van der Waals surface area contributed by atoms with Gasteiger partial charge in [-0.05, 0) is 25.0 Å². The summed E-state index contributed by atoms with van der Waals surface area (Å²) in [4.78, 5) is 10.9. The minimum Gasteiger partial charge on any atom is -0.463 e. The minimum atomic E-state index is -0.214. The molecule has 0 fully saturated rings. The Morgan fingerprint density at radius 2 is 2.18 bits per heavy atom. The van der Waals surface area contributed by atoms with Crippen LogP contribution in [0.5, 0.6) is 0 Å². The standard InChI is InChI=1S/C8H14O2S/c1-4-10-8(9)7(3)6-11-5-2/h6H,4-5H2,1-3H3. The van der Waals surface area contributed by atoms with Gasteiger partial charge in [-0.1, -0.05) is 6.92 Å². The fourth-order valence-corrected chi connectivity index (χ4v) is 1.01. The second-order valence-corrected chi connectivity index (χ2v) is 3.12. The number of carbonyl (C=O) groups excluding carboxylic acids is 1. The highest BCUT2D eigenvalue weighted by Crippen LogP contribution is 2.07. The molecule has 0 atom stereocenters. The van der Waals surface area contributed by atoms with Crippen LogP contribution in [0.2, 0.25) is 0 Å². The first-order chi connectivity index (χ1) is 5.22. The van der Waals surface area contributed by atoms with Gasteiger partial charge in [0.1, 0.15) is 0 Å². The van der Waals surface area contributed by atoms with Gasteiger partial charge in [0.2, 0.25) is 0 Å². The minimum absolute atomic E-state index is 0.214. The predicted molar refractivity (Wildman–Crippen MR) is 48.5 cm³/mol. The zero-order valence-corrected chi connectivity index (χ0v) is 8.03. The number of hydrogen-bond acceptors (Lipinski definition) is 3. The Morgan fingerprint density at radius 1 is 1.55 bits per heavy atom. The summed E-state index contributed by atoms with van der Waals surface area (Å²) >= 11 is 1.61. The largest absolute Gasteiger partial charge is 0.463 e. The summed E-state index contributed by atoms with van der Waals surface area (Å²) in [6, 6.07) is 0. The van der Waals surface area contributed by atoms with E-state index in [-0.39, 0.29) is 5.97 Å². The van der Waals surface area contributed by atoms with E-state index >= 15 is 0 Å². The van der Waals surface area contributed by atoms with Gasteiger partial charge >= 0.3 is 5.97 Å². The number of thioether (sulfide) groups is 1. The van der Waals surface area contributed by atoms with Crippen molar-refractivity contribution >= 4 is 17.7 Å². The van der Waals surface area contributed by atoms with E-state index in [1.165, 1.54) is 0 Å². The van der Waals surface area contributed by atoms with Crippen LogP contribution >= 0.6 is 11.8 Å². The molecule has 3 heteroatoms. The van der Waals surface area contributed by atoms with E-state index in [2.05, 4.69) is 0 Å². The molecule has 64 valence electrons. The molecule has 0 aromatic heterocycles. The lowest BCUT2D eigenvalue weighted by atomic mass is 10.4. The molecule has 0 rings (SSSR count). The van der Waals surface area contributed by atoms with E-state index in [1.54, 1.807) is 25.6 Å². The summed E-state index contributed by atoms with van der Waals surface area (Å²) in [6.07, 6.45) is 0. The predicted octanol–water partition coefficient (Wildman–Crippen LogP) is 2.21. The molecule has 0 aliphatic heterocycles. The maximum atomic E-state index is 10.9. The van der Waals surface area contributed by atoms with Gasteiger partial charge < -0.3 is 4.74 Å². The molecule has 0 aromatic rings. The van der Waals surface area contributed by atoms with E-state index in [1.807, 2.05) is 12.3 Å². The highest BCUT2D eigenvalue weighted by molar-refractivity contribution is 8.02. The van der Waals surface area contributed by atoms with Gasteiger partial charge in [-0.2, -0.15) is 0 Å². The molecule has 0 unspecified atom stereocenters. The number of carbonyl (C=O) groups is 1. The van der Waals surface area contributed by atoms with Crippen molar-refractivity contribution in [2.45, 2.75) is 20.8 Å². The van der Waals surface area contributed by atoms with Crippen LogP contribution in [0.15, 0.2) is 11.0 Å². The number of rotatable bonds is 4. The number of hydrogen-bond donors (Lipinski definition) is 0. The van der Waals surface area contributed by atoms with Crippen LogP contribution in [0.3, 0.4) is 0 Å². The van der Waals surface area contributed by atoms with Crippen LogP contribution in [0.25, 0.3) is 0 Å². The van der Waals surface area contributed by atoms with Gasteiger partial charge in [0.25, 0.3) is 0 Å². The molecule has 0 bridgehead atoms.